The summed E-state index contributed by atoms with van der Waals surface area (Å²) in [7, 11) is 0. The van der Waals surface area contributed by atoms with Gasteiger partial charge in [-0.1, -0.05) is 54.1 Å². The lowest BCUT2D eigenvalue weighted by atomic mass is 10.1. The fourth-order valence-electron chi connectivity index (χ4n) is 3.63. The van der Waals surface area contributed by atoms with Crippen LogP contribution in [0.25, 0.3) is 0 Å². The Morgan fingerprint density at radius 2 is 1.84 bits per heavy atom. The van der Waals surface area contributed by atoms with Crippen molar-refractivity contribution in [3.8, 4) is 0 Å². The normalized spacial score (nSPS) is 15.9. The van der Waals surface area contributed by atoms with Crippen molar-refractivity contribution in [1.29, 1.82) is 0 Å². The van der Waals surface area contributed by atoms with Gasteiger partial charge in [-0.15, -0.1) is 11.8 Å². The molecule has 158 valence electrons. The molecule has 0 radical (unpaired) electrons. The van der Waals surface area contributed by atoms with Crippen molar-refractivity contribution in [2.75, 3.05) is 17.6 Å². The predicted molar refractivity (Wildman–Crippen MR) is 128 cm³/mol. The van der Waals surface area contributed by atoms with Gasteiger partial charge in [-0.3, -0.25) is 9.59 Å². The summed E-state index contributed by atoms with van der Waals surface area (Å²) in [5.41, 5.74) is 4.47. The molecule has 0 unspecified atom stereocenters. The number of carbonyl (C=O) groups excluding carboxylic acids is 2. The van der Waals surface area contributed by atoms with E-state index in [1.54, 1.807) is 23.9 Å². The molecule has 3 aromatic rings. The fourth-order valence-corrected chi connectivity index (χ4v) is 5.07. The number of halogens is 1. The highest BCUT2D eigenvalue weighted by atomic mass is 35.5. The first-order valence-electron chi connectivity index (χ1n) is 10.1. The minimum absolute atomic E-state index is 0.0215. The van der Waals surface area contributed by atoms with E-state index in [1.807, 2.05) is 60.4 Å². The molecule has 3 aromatic carbocycles. The number of nitrogens with zero attached hydrogens (tertiary/aromatic N) is 1. The van der Waals surface area contributed by atoms with E-state index in [2.05, 4.69) is 17.4 Å². The van der Waals surface area contributed by atoms with Gasteiger partial charge in [0.2, 0.25) is 5.91 Å². The lowest BCUT2D eigenvalue weighted by Gasteiger charge is -2.24. The first-order chi connectivity index (χ1) is 15.0. The monoisotopic (exact) mass is 450 g/mol. The molecular weight excluding hydrogens is 428 g/mol. The van der Waals surface area contributed by atoms with E-state index in [0.29, 0.717) is 22.9 Å². The maximum Gasteiger partial charge on any atom is 0.255 e. The zero-order valence-corrected chi connectivity index (χ0v) is 18.7. The maximum atomic E-state index is 12.6. The molecular formula is C25H23ClN2O2S. The second-order valence-corrected chi connectivity index (χ2v) is 9.03. The Kier molecular flexibility index (Phi) is 6.64. The van der Waals surface area contributed by atoms with Crippen LogP contribution < -0.4 is 5.32 Å². The van der Waals surface area contributed by atoms with E-state index < -0.39 is 0 Å². The van der Waals surface area contributed by atoms with Crippen LogP contribution in [0.15, 0.2) is 72.8 Å². The molecule has 1 heterocycles. The standard InChI is InChI=1S/C25H23ClN2O2S/c1-17-15-21(26)11-12-22(17)27-24(30)19-7-9-20(10-8-19)25-28(23(29)16-31-25)14-13-18-5-3-2-4-6-18/h2-12,15,25H,13-14,16H2,1H3,(H,27,30)/t25-/m1/s1. The van der Waals surface area contributed by atoms with E-state index in [4.69, 9.17) is 11.6 Å². The molecule has 0 saturated carbocycles. The molecule has 1 saturated heterocycles. The molecule has 6 heteroatoms. The van der Waals surface area contributed by atoms with Gasteiger partial charge in [0, 0.05) is 22.8 Å². The summed E-state index contributed by atoms with van der Waals surface area (Å²) in [6.45, 7) is 2.58. The van der Waals surface area contributed by atoms with Crippen LogP contribution in [0.2, 0.25) is 5.02 Å². The number of hydrogen-bond acceptors (Lipinski definition) is 3. The lowest BCUT2D eigenvalue weighted by Crippen LogP contribution is -2.30. The smallest absolute Gasteiger partial charge is 0.255 e. The summed E-state index contributed by atoms with van der Waals surface area (Å²) in [5.74, 6) is 0.469. The lowest BCUT2D eigenvalue weighted by molar-refractivity contribution is -0.128. The van der Waals surface area contributed by atoms with Gasteiger partial charge >= 0.3 is 0 Å². The van der Waals surface area contributed by atoms with Crippen molar-refractivity contribution < 1.29 is 9.59 Å². The van der Waals surface area contributed by atoms with Crippen LogP contribution in [0, 0.1) is 6.92 Å². The second-order valence-electron chi connectivity index (χ2n) is 7.52. The number of benzene rings is 3. The van der Waals surface area contributed by atoms with Crippen LogP contribution in [0.5, 0.6) is 0 Å². The topological polar surface area (TPSA) is 49.4 Å². The molecule has 0 aromatic heterocycles. The average molecular weight is 451 g/mol. The SMILES string of the molecule is Cc1cc(Cl)ccc1NC(=O)c1ccc([C@H]2SCC(=O)N2CCc2ccccc2)cc1. The molecule has 1 aliphatic rings. The number of rotatable bonds is 6. The van der Waals surface area contributed by atoms with Gasteiger partial charge in [0.05, 0.1) is 5.75 Å². The van der Waals surface area contributed by atoms with Crippen molar-refractivity contribution in [3.05, 3.63) is 100 Å². The first-order valence-corrected chi connectivity index (χ1v) is 11.6. The molecule has 4 nitrogen and oxygen atoms in total. The summed E-state index contributed by atoms with van der Waals surface area (Å²) in [4.78, 5) is 27.0. The zero-order valence-electron chi connectivity index (χ0n) is 17.2. The van der Waals surface area contributed by atoms with Crippen LogP contribution in [-0.4, -0.2) is 29.0 Å². The largest absolute Gasteiger partial charge is 0.326 e. The van der Waals surface area contributed by atoms with Gasteiger partial charge in [-0.05, 0) is 60.4 Å². The van der Waals surface area contributed by atoms with Gasteiger partial charge in [0.1, 0.15) is 5.37 Å². The summed E-state index contributed by atoms with van der Waals surface area (Å²) in [5, 5.41) is 3.55. The first kappa shape index (κ1) is 21.5. The molecule has 4 rings (SSSR count). The number of anilines is 1. The Balaban J connectivity index is 1.43. The Bertz CT molecular complexity index is 1090. The van der Waals surface area contributed by atoms with Gasteiger partial charge in [0.25, 0.3) is 5.91 Å². The fraction of sp³-hybridized carbons (Fsp3) is 0.200. The zero-order chi connectivity index (χ0) is 21.8. The van der Waals surface area contributed by atoms with Crippen LogP contribution in [-0.2, 0) is 11.2 Å². The van der Waals surface area contributed by atoms with E-state index >= 15 is 0 Å². The van der Waals surface area contributed by atoms with Crippen molar-refractivity contribution in [2.24, 2.45) is 0 Å². The third-order valence-corrected chi connectivity index (χ3v) is 6.84. The van der Waals surface area contributed by atoms with E-state index in [1.165, 1.54) is 5.56 Å². The number of thioether (sulfide) groups is 1. The third kappa shape index (κ3) is 5.12. The molecule has 0 spiro atoms. The van der Waals surface area contributed by atoms with E-state index in [-0.39, 0.29) is 17.2 Å². The molecule has 31 heavy (non-hydrogen) atoms. The maximum absolute atomic E-state index is 12.6. The predicted octanol–water partition coefficient (Wildman–Crippen LogP) is 5.72. The minimum Gasteiger partial charge on any atom is -0.326 e. The van der Waals surface area contributed by atoms with Crippen molar-refractivity contribution in [1.82, 2.24) is 4.90 Å². The molecule has 2 amide bonds. The van der Waals surface area contributed by atoms with Crippen LogP contribution in [0.4, 0.5) is 5.69 Å². The van der Waals surface area contributed by atoms with E-state index in [9.17, 15) is 9.59 Å². The Morgan fingerprint density at radius 3 is 2.55 bits per heavy atom. The Hall–Kier alpha value is -2.76. The highest BCUT2D eigenvalue weighted by molar-refractivity contribution is 8.00. The molecule has 1 fully saturated rings. The van der Waals surface area contributed by atoms with Crippen LogP contribution >= 0.6 is 23.4 Å². The number of nitrogens with one attached hydrogen (secondary N) is 1. The van der Waals surface area contributed by atoms with Gasteiger partial charge in [-0.25, -0.2) is 0 Å². The number of aryl methyl sites for hydroxylation is 1. The molecule has 0 aliphatic carbocycles. The highest BCUT2D eigenvalue weighted by Crippen LogP contribution is 2.38. The number of hydrogen-bond donors (Lipinski definition) is 1. The Labute approximate surface area is 191 Å². The molecule has 1 atom stereocenters. The number of carbonyl (C=O) groups is 2. The summed E-state index contributed by atoms with van der Waals surface area (Å²) in [6.07, 6.45) is 0.824. The molecule has 0 bridgehead atoms. The van der Waals surface area contributed by atoms with Gasteiger partial charge < -0.3 is 10.2 Å². The molecule has 1 aliphatic heterocycles. The van der Waals surface area contributed by atoms with Crippen molar-refractivity contribution >= 4 is 40.9 Å². The third-order valence-electron chi connectivity index (χ3n) is 5.35. The van der Waals surface area contributed by atoms with Crippen molar-refractivity contribution in [3.63, 3.8) is 0 Å². The summed E-state index contributed by atoms with van der Waals surface area (Å²) >= 11 is 7.62. The highest BCUT2D eigenvalue weighted by Gasteiger charge is 2.32. The summed E-state index contributed by atoms with van der Waals surface area (Å²) in [6, 6.07) is 23.1. The quantitative estimate of drug-likeness (QED) is 0.522. The van der Waals surface area contributed by atoms with Crippen LogP contribution in [0.1, 0.15) is 32.4 Å². The Morgan fingerprint density at radius 1 is 1.10 bits per heavy atom. The van der Waals surface area contributed by atoms with E-state index in [0.717, 1.165) is 23.2 Å². The summed E-state index contributed by atoms with van der Waals surface area (Å²) < 4.78 is 0. The minimum atomic E-state index is -0.173. The van der Waals surface area contributed by atoms with Gasteiger partial charge in [0.15, 0.2) is 0 Å². The van der Waals surface area contributed by atoms with Crippen molar-refractivity contribution in [2.45, 2.75) is 18.7 Å². The van der Waals surface area contributed by atoms with Gasteiger partial charge in [-0.2, -0.15) is 0 Å². The second kappa shape index (κ2) is 9.58. The van der Waals surface area contributed by atoms with Crippen LogP contribution in [0.3, 0.4) is 0 Å². The number of amides is 2. The molecule has 1 N–H and O–H groups in total. The average Bonchev–Trinajstić information content (AvgIpc) is 3.15.